The first-order chi connectivity index (χ1) is 6.15. The van der Waals surface area contributed by atoms with Gasteiger partial charge in [-0.1, -0.05) is 11.6 Å². The summed E-state index contributed by atoms with van der Waals surface area (Å²) in [6.45, 7) is 0.0693. The zero-order chi connectivity index (χ0) is 9.84. The van der Waals surface area contributed by atoms with Crippen molar-refractivity contribution in [1.29, 1.82) is 0 Å². The van der Waals surface area contributed by atoms with Gasteiger partial charge in [-0.25, -0.2) is 8.78 Å². The minimum Gasteiger partial charge on any atom is -0.305 e. The Morgan fingerprint density at radius 2 is 2.15 bits per heavy atom. The standard InChI is InChI=1S/C8H8ClF2NO/c1-13-12-4-5-2-6(10)3-7(9)8(5)11/h2-3,12H,4H2,1H3. The number of hydroxylamine groups is 1. The fourth-order valence-corrected chi connectivity index (χ4v) is 1.11. The van der Waals surface area contributed by atoms with Crippen LogP contribution in [0, 0.1) is 11.6 Å². The highest BCUT2D eigenvalue weighted by molar-refractivity contribution is 6.30. The summed E-state index contributed by atoms with van der Waals surface area (Å²) < 4.78 is 25.8. The molecule has 0 radical (unpaired) electrons. The van der Waals surface area contributed by atoms with E-state index in [1.54, 1.807) is 0 Å². The minimum absolute atomic E-state index is 0.0693. The lowest BCUT2D eigenvalue weighted by molar-refractivity contribution is 0.0858. The second-order valence-electron chi connectivity index (χ2n) is 2.39. The maximum absolute atomic E-state index is 13.1. The highest BCUT2D eigenvalue weighted by Crippen LogP contribution is 2.19. The van der Waals surface area contributed by atoms with E-state index in [-0.39, 0.29) is 17.1 Å². The molecule has 0 aliphatic rings. The highest BCUT2D eigenvalue weighted by atomic mass is 35.5. The van der Waals surface area contributed by atoms with Gasteiger partial charge < -0.3 is 4.84 Å². The van der Waals surface area contributed by atoms with E-state index in [4.69, 9.17) is 11.6 Å². The van der Waals surface area contributed by atoms with Crippen LogP contribution in [-0.4, -0.2) is 7.11 Å². The van der Waals surface area contributed by atoms with Gasteiger partial charge in [0.05, 0.1) is 12.1 Å². The Bertz CT molecular complexity index is 306. The monoisotopic (exact) mass is 207 g/mol. The van der Waals surface area contributed by atoms with Crippen molar-refractivity contribution in [3.63, 3.8) is 0 Å². The van der Waals surface area contributed by atoms with E-state index in [0.717, 1.165) is 12.1 Å². The fourth-order valence-electron chi connectivity index (χ4n) is 0.888. The summed E-state index contributed by atoms with van der Waals surface area (Å²) in [5.74, 6) is -1.20. The number of hydrogen-bond acceptors (Lipinski definition) is 2. The number of rotatable bonds is 3. The molecule has 2 nitrogen and oxygen atoms in total. The van der Waals surface area contributed by atoms with Crippen molar-refractivity contribution in [1.82, 2.24) is 5.48 Å². The van der Waals surface area contributed by atoms with Gasteiger partial charge in [-0.2, -0.15) is 5.48 Å². The Morgan fingerprint density at radius 1 is 1.46 bits per heavy atom. The SMILES string of the molecule is CONCc1cc(F)cc(Cl)c1F. The summed E-state index contributed by atoms with van der Waals surface area (Å²) >= 11 is 5.41. The lowest BCUT2D eigenvalue weighted by Crippen LogP contribution is -2.12. The predicted molar refractivity (Wildman–Crippen MR) is 45.2 cm³/mol. The molecule has 0 saturated carbocycles. The van der Waals surface area contributed by atoms with Crippen LogP contribution in [0.1, 0.15) is 5.56 Å². The van der Waals surface area contributed by atoms with Gasteiger partial charge in [-0.15, -0.1) is 0 Å². The molecule has 0 fully saturated rings. The molecule has 1 aromatic rings. The molecule has 0 amide bonds. The Balaban J connectivity index is 2.92. The molecule has 0 unspecified atom stereocenters. The number of hydrogen-bond donors (Lipinski definition) is 1. The maximum Gasteiger partial charge on any atom is 0.146 e. The lowest BCUT2D eigenvalue weighted by Gasteiger charge is -2.05. The summed E-state index contributed by atoms with van der Waals surface area (Å²) in [6, 6.07) is 1.99. The summed E-state index contributed by atoms with van der Waals surface area (Å²) in [5, 5.41) is -0.229. The van der Waals surface area contributed by atoms with Crippen molar-refractivity contribution < 1.29 is 13.6 Å². The van der Waals surface area contributed by atoms with Crippen LogP contribution >= 0.6 is 11.6 Å². The van der Waals surface area contributed by atoms with Gasteiger partial charge >= 0.3 is 0 Å². The van der Waals surface area contributed by atoms with E-state index in [1.807, 2.05) is 0 Å². The minimum atomic E-state index is -0.632. The van der Waals surface area contributed by atoms with Crippen LogP contribution in [0.15, 0.2) is 12.1 Å². The Labute approximate surface area is 79.4 Å². The van der Waals surface area contributed by atoms with Gasteiger partial charge in [-0.3, -0.25) is 0 Å². The fraction of sp³-hybridized carbons (Fsp3) is 0.250. The van der Waals surface area contributed by atoms with Crippen molar-refractivity contribution in [3.05, 3.63) is 34.4 Å². The summed E-state index contributed by atoms with van der Waals surface area (Å²) in [6.07, 6.45) is 0. The summed E-state index contributed by atoms with van der Waals surface area (Å²) in [4.78, 5) is 4.50. The third-order valence-corrected chi connectivity index (χ3v) is 1.75. The van der Waals surface area contributed by atoms with Crippen LogP contribution in [0.3, 0.4) is 0 Å². The average Bonchev–Trinajstić information content (AvgIpc) is 2.09. The number of halogens is 3. The Morgan fingerprint density at radius 3 is 2.77 bits per heavy atom. The van der Waals surface area contributed by atoms with Gasteiger partial charge in [-0.05, 0) is 12.1 Å². The van der Waals surface area contributed by atoms with Gasteiger partial charge in [0.2, 0.25) is 0 Å². The molecule has 0 heterocycles. The van der Waals surface area contributed by atoms with Gasteiger partial charge in [0, 0.05) is 12.1 Å². The second kappa shape index (κ2) is 4.50. The zero-order valence-electron chi connectivity index (χ0n) is 6.90. The predicted octanol–water partition coefficient (Wildman–Crippen LogP) is 2.27. The average molecular weight is 208 g/mol. The third kappa shape index (κ3) is 2.62. The van der Waals surface area contributed by atoms with Gasteiger partial charge in [0.1, 0.15) is 11.6 Å². The third-order valence-electron chi connectivity index (χ3n) is 1.48. The molecule has 0 bridgehead atoms. The largest absolute Gasteiger partial charge is 0.305 e. The van der Waals surface area contributed by atoms with E-state index >= 15 is 0 Å². The van der Waals surface area contributed by atoms with Gasteiger partial charge in [0.25, 0.3) is 0 Å². The van der Waals surface area contributed by atoms with E-state index in [2.05, 4.69) is 10.3 Å². The van der Waals surface area contributed by atoms with Crippen LogP contribution in [0.25, 0.3) is 0 Å². The molecular weight excluding hydrogens is 200 g/mol. The van der Waals surface area contributed by atoms with Crippen molar-refractivity contribution in [3.8, 4) is 0 Å². The normalized spacial score (nSPS) is 10.5. The first-order valence-electron chi connectivity index (χ1n) is 3.54. The smallest absolute Gasteiger partial charge is 0.146 e. The molecule has 5 heteroatoms. The zero-order valence-corrected chi connectivity index (χ0v) is 7.66. The van der Waals surface area contributed by atoms with Crippen molar-refractivity contribution >= 4 is 11.6 Å². The van der Waals surface area contributed by atoms with Crippen LogP contribution in [0.5, 0.6) is 0 Å². The van der Waals surface area contributed by atoms with Gasteiger partial charge in [0.15, 0.2) is 0 Å². The number of benzene rings is 1. The molecule has 0 atom stereocenters. The molecule has 72 valence electrons. The van der Waals surface area contributed by atoms with Crippen LogP contribution in [0.4, 0.5) is 8.78 Å². The number of nitrogens with one attached hydrogen (secondary N) is 1. The molecule has 1 aromatic carbocycles. The molecule has 1 N–H and O–H groups in total. The summed E-state index contributed by atoms with van der Waals surface area (Å²) in [7, 11) is 1.39. The van der Waals surface area contributed by atoms with E-state index in [9.17, 15) is 8.78 Å². The molecule has 0 aromatic heterocycles. The molecule has 0 aliphatic carbocycles. The Kier molecular flexibility index (Phi) is 3.59. The maximum atomic E-state index is 13.1. The first kappa shape index (κ1) is 10.4. The topological polar surface area (TPSA) is 21.3 Å². The van der Waals surface area contributed by atoms with E-state index in [1.165, 1.54) is 7.11 Å². The second-order valence-corrected chi connectivity index (χ2v) is 2.79. The lowest BCUT2D eigenvalue weighted by atomic mass is 10.2. The first-order valence-corrected chi connectivity index (χ1v) is 3.92. The van der Waals surface area contributed by atoms with E-state index < -0.39 is 11.6 Å². The van der Waals surface area contributed by atoms with Crippen molar-refractivity contribution in [2.75, 3.05) is 7.11 Å². The molecule has 0 aliphatic heterocycles. The van der Waals surface area contributed by atoms with Crippen molar-refractivity contribution in [2.24, 2.45) is 0 Å². The molecular formula is C8H8ClF2NO. The quantitative estimate of drug-likeness (QED) is 0.607. The van der Waals surface area contributed by atoms with E-state index in [0.29, 0.717) is 0 Å². The molecule has 1 rings (SSSR count). The molecule has 13 heavy (non-hydrogen) atoms. The highest BCUT2D eigenvalue weighted by Gasteiger charge is 2.08. The summed E-state index contributed by atoms with van der Waals surface area (Å²) in [5.41, 5.74) is 2.53. The molecule has 0 spiro atoms. The van der Waals surface area contributed by atoms with Crippen LogP contribution < -0.4 is 5.48 Å². The Hall–Kier alpha value is -0.710. The van der Waals surface area contributed by atoms with Crippen molar-refractivity contribution in [2.45, 2.75) is 6.54 Å². The molecule has 0 saturated heterocycles. The van der Waals surface area contributed by atoms with Crippen LogP contribution in [0.2, 0.25) is 5.02 Å². The van der Waals surface area contributed by atoms with Crippen LogP contribution in [-0.2, 0) is 11.4 Å².